The molecule has 0 saturated carbocycles. The molecule has 0 aliphatic carbocycles. The van der Waals surface area contributed by atoms with E-state index >= 15 is 0 Å². The fourth-order valence-corrected chi connectivity index (χ4v) is 5.14. The second kappa shape index (κ2) is 15.9. The number of nitrogens with two attached hydrogens (primary N) is 1. The summed E-state index contributed by atoms with van der Waals surface area (Å²) in [6, 6.07) is 2.76. The van der Waals surface area contributed by atoms with Gasteiger partial charge in [-0.15, -0.1) is 0 Å². The van der Waals surface area contributed by atoms with Crippen molar-refractivity contribution in [2.45, 2.75) is 70.1 Å². The number of rotatable bonds is 7. The number of likely N-dealkylation sites (tertiary alicyclic amines) is 1. The van der Waals surface area contributed by atoms with Crippen LogP contribution in [-0.4, -0.2) is 97.9 Å². The molecule has 3 rings (SSSR count). The molecule has 2 heterocycles. The zero-order valence-corrected chi connectivity index (χ0v) is 24.9. The summed E-state index contributed by atoms with van der Waals surface area (Å²) in [5, 5.41) is 10.6. The molecule has 1 fully saturated rings. The molecule has 0 bridgehead atoms. The number of methoxy groups -OCH3 is 1. The number of para-hydroxylation sites is 1. The van der Waals surface area contributed by atoms with E-state index < -0.39 is 60.0 Å². The van der Waals surface area contributed by atoms with Crippen LogP contribution in [0.5, 0.6) is 5.75 Å². The maximum atomic E-state index is 13.7. The standard InChI is InChI=1S/C29H42N6O8/c1-17(2)25-28(40)31-12-14-43-22-9-5-4-8-19(22)26(38)33-21(29(41)35-13-6-7-18(35)16-42-3)15-24(37)32-20(27(39)34-25)10-11-23(30)36/h4-5,8-9,17-18,20-21,25H,6-7,10-16H2,1-3H3,(H2,30,36)(H,31,40)(H,32,37)(H,33,38)(H,34,39)/t18-,20-,21-,25+/m0/s1. The van der Waals surface area contributed by atoms with E-state index in [4.69, 9.17) is 15.2 Å². The summed E-state index contributed by atoms with van der Waals surface area (Å²) < 4.78 is 11.1. The van der Waals surface area contributed by atoms with E-state index in [1.54, 1.807) is 36.9 Å². The molecule has 0 unspecified atom stereocenters. The van der Waals surface area contributed by atoms with Crippen LogP contribution in [0.25, 0.3) is 0 Å². The number of primary amides is 1. The third-order valence-electron chi connectivity index (χ3n) is 7.38. The number of nitrogens with one attached hydrogen (secondary N) is 4. The minimum Gasteiger partial charge on any atom is -0.491 e. The van der Waals surface area contributed by atoms with Crippen LogP contribution in [0.4, 0.5) is 0 Å². The number of ether oxygens (including phenoxy) is 2. The molecule has 1 saturated heterocycles. The fourth-order valence-electron chi connectivity index (χ4n) is 5.14. The zero-order valence-electron chi connectivity index (χ0n) is 24.9. The third-order valence-corrected chi connectivity index (χ3v) is 7.38. The van der Waals surface area contributed by atoms with Crippen LogP contribution >= 0.6 is 0 Å². The smallest absolute Gasteiger partial charge is 0.255 e. The highest BCUT2D eigenvalue weighted by molar-refractivity contribution is 6.01. The summed E-state index contributed by atoms with van der Waals surface area (Å²) in [6.45, 7) is 4.33. The lowest BCUT2D eigenvalue weighted by Crippen LogP contribution is -2.57. The highest BCUT2D eigenvalue weighted by atomic mass is 16.5. The largest absolute Gasteiger partial charge is 0.491 e. The van der Waals surface area contributed by atoms with E-state index in [9.17, 15) is 28.8 Å². The number of carbonyl (C=O) groups is 6. The molecular formula is C29H42N6O8. The van der Waals surface area contributed by atoms with E-state index in [1.165, 1.54) is 13.2 Å². The molecule has 43 heavy (non-hydrogen) atoms. The Morgan fingerprint density at radius 1 is 1.09 bits per heavy atom. The van der Waals surface area contributed by atoms with E-state index in [0.717, 1.165) is 6.42 Å². The van der Waals surface area contributed by atoms with Gasteiger partial charge in [0.15, 0.2) is 0 Å². The van der Waals surface area contributed by atoms with Crippen LogP contribution in [0.3, 0.4) is 0 Å². The van der Waals surface area contributed by atoms with Crippen molar-refractivity contribution in [2.75, 3.05) is 33.4 Å². The van der Waals surface area contributed by atoms with E-state index in [2.05, 4.69) is 21.3 Å². The Labute approximate surface area is 250 Å². The highest BCUT2D eigenvalue weighted by Crippen LogP contribution is 2.21. The van der Waals surface area contributed by atoms with Gasteiger partial charge in [0, 0.05) is 20.1 Å². The Bertz CT molecular complexity index is 1190. The number of fused-ring (bicyclic) bond motifs is 1. The van der Waals surface area contributed by atoms with Crippen molar-refractivity contribution in [1.29, 1.82) is 0 Å². The predicted octanol–water partition coefficient (Wildman–Crippen LogP) is -0.788. The molecule has 4 atom stereocenters. The Balaban J connectivity index is 1.96. The monoisotopic (exact) mass is 602 g/mol. The van der Waals surface area contributed by atoms with E-state index in [1.807, 2.05) is 0 Å². The van der Waals surface area contributed by atoms with Crippen molar-refractivity contribution < 1.29 is 38.2 Å². The first kappa shape index (κ1) is 33.3. The van der Waals surface area contributed by atoms with Crippen LogP contribution in [0, 0.1) is 5.92 Å². The fraction of sp³-hybridized carbons (Fsp3) is 0.586. The number of benzene rings is 1. The first-order valence-electron chi connectivity index (χ1n) is 14.5. The first-order chi connectivity index (χ1) is 20.5. The zero-order chi connectivity index (χ0) is 31.5. The summed E-state index contributed by atoms with van der Waals surface area (Å²) in [6.07, 6.45) is 0.618. The predicted molar refractivity (Wildman–Crippen MR) is 155 cm³/mol. The lowest BCUT2D eigenvalue weighted by Gasteiger charge is -2.29. The molecule has 1 aromatic rings. The SMILES string of the molecule is COC[C@@H]1CCCN1C(=O)[C@@H]1CC(=O)N[C@@H](CCC(N)=O)C(=O)N[C@H](C(C)C)C(=O)NCCOc2ccccc2C(=O)N1. The highest BCUT2D eigenvalue weighted by Gasteiger charge is 2.36. The molecule has 2 aliphatic rings. The van der Waals surface area contributed by atoms with Crippen LogP contribution < -0.4 is 31.7 Å². The van der Waals surface area contributed by atoms with Gasteiger partial charge >= 0.3 is 0 Å². The Morgan fingerprint density at radius 2 is 1.84 bits per heavy atom. The number of amides is 6. The molecule has 0 spiro atoms. The van der Waals surface area contributed by atoms with E-state index in [0.29, 0.717) is 19.6 Å². The number of hydrogen-bond donors (Lipinski definition) is 5. The van der Waals surface area contributed by atoms with Gasteiger partial charge in [0.05, 0.1) is 31.2 Å². The van der Waals surface area contributed by atoms with Gasteiger partial charge in [0.25, 0.3) is 5.91 Å². The molecule has 0 radical (unpaired) electrons. The molecule has 2 aliphatic heterocycles. The summed E-state index contributed by atoms with van der Waals surface area (Å²) >= 11 is 0. The van der Waals surface area contributed by atoms with Gasteiger partial charge in [-0.3, -0.25) is 28.8 Å². The van der Waals surface area contributed by atoms with Crippen LogP contribution in [-0.2, 0) is 28.7 Å². The van der Waals surface area contributed by atoms with Gasteiger partial charge in [0.1, 0.15) is 30.5 Å². The van der Waals surface area contributed by atoms with Crippen molar-refractivity contribution in [3.8, 4) is 5.75 Å². The van der Waals surface area contributed by atoms with Crippen molar-refractivity contribution >= 4 is 35.4 Å². The van der Waals surface area contributed by atoms with E-state index in [-0.39, 0.29) is 49.3 Å². The normalized spacial score (nSPS) is 24.1. The molecule has 14 nitrogen and oxygen atoms in total. The Morgan fingerprint density at radius 3 is 2.53 bits per heavy atom. The quantitative estimate of drug-likeness (QED) is 0.267. The Hall–Kier alpha value is -4.20. The maximum Gasteiger partial charge on any atom is 0.255 e. The number of nitrogens with zero attached hydrogens (tertiary/aromatic N) is 1. The average Bonchev–Trinajstić information content (AvgIpc) is 3.43. The van der Waals surface area contributed by atoms with Gasteiger partial charge in [-0.05, 0) is 37.3 Å². The van der Waals surface area contributed by atoms with Crippen molar-refractivity contribution in [3.63, 3.8) is 0 Å². The number of carbonyl (C=O) groups excluding carboxylic acids is 6. The van der Waals surface area contributed by atoms with Crippen molar-refractivity contribution in [2.24, 2.45) is 11.7 Å². The van der Waals surface area contributed by atoms with Gasteiger partial charge in [-0.2, -0.15) is 0 Å². The van der Waals surface area contributed by atoms with Gasteiger partial charge in [0.2, 0.25) is 29.5 Å². The average molecular weight is 603 g/mol. The number of hydrogen-bond acceptors (Lipinski definition) is 8. The molecular weight excluding hydrogens is 560 g/mol. The van der Waals surface area contributed by atoms with Crippen molar-refractivity contribution in [1.82, 2.24) is 26.2 Å². The minimum absolute atomic E-state index is 0.0188. The summed E-state index contributed by atoms with van der Waals surface area (Å²) in [4.78, 5) is 79.9. The maximum absolute atomic E-state index is 13.7. The first-order valence-corrected chi connectivity index (χ1v) is 14.5. The Kier molecular flexibility index (Phi) is 12.3. The summed E-state index contributed by atoms with van der Waals surface area (Å²) in [7, 11) is 1.53. The molecule has 6 amide bonds. The van der Waals surface area contributed by atoms with Crippen molar-refractivity contribution in [3.05, 3.63) is 29.8 Å². The lowest BCUT2D eigenvalue weighted by molar-refractivity contribution is -0.138. The van der Waals surface area contributed by atoms with Gasteiger partial charge in [-0.1, -0.05) is 26.0 Å². The third kappa shape index (κ3) is 9.40. The van der Waals surface area contributed by atoms with Gasteiger partial charge in [-0.25, -0.2) is 0 Å². The molecule has 236 valence electrons. The van der Waals surface area contributed by atoms with Gasteiger partial charge < -0.3 is 41.4 Å². The lowest BCUT2D eigenvalue weighted by atomic mass is 10.0. The second-order valence-electron chi connectivity index (χ2n) is 11.0. The molecule has 14 heteroatoms. The molecule has 6 N–H and O–H groups in total. The summed E-state index contributed by atoms with van der Waals surface area (Å²) in [5.74, 6) is -3.75. The molecule has 1 aromatic carbocycles. The topological polar surface area (TPSA) is 198 Å². The van der Waals surface area contributed by atoms with Crippen LogP contribution in [0.15, 0.2) is 24.3 Å². The second-order valence-corrected chi connectivity index (χ2v) is 11.0. The molecule has 0 aromatic heterocycles. The van der Waals surface area contributed by atoms with Crippen LogP contribution in [0.1, 0.15) is 56.3 Å². The minimum atomic E-state index is -1.28. The summed E-state index contributed by atoms with van der Waals surface area (Å²) in [5.41, 5.74) is 5.44. The van der Waals surface area contributed by atoms with Crippen LogP contribution in [0.2, 0.25) is 0 Å².